The van der Waals surface area contributed by atoms with Gasteiger partial charge in [0, 0.05) is 0 Å². The first kappa shape index (κ1) is 12.0. The lowest BCUT2D eigenvalue weighted by molar-refractivity contribution is 0.0787. The van der Waals surface area contributed by atoms with E-state index in [4.69, 9.17) is 16.3 Å². The summed E-state index contributed by atoms with van der Waals surface area (Å²) in [7, 11) is 0. The Bertz CT molecular complexity index is 527. The van der Waals surface area contributed by atoms with Gasteiger partial charge in [0.25, 0.3) is 0 Å². The normalized spacial score (nSPS) is 33.6. The molecule has 3 rings (SSSR count). The van der Waals surface area contributed by atoms with Crippen LogP contribution < -0.4 is 0 Å². The van der Waals surface area contributed by atoms with Crippen molar-refractivity contribution in [3.8, 4) is 6.07 Å². The van der Waals surface area contributed by atoms with Crippen LogP contribution in [0.1, 0.15) is 24.8 Å². The van der Waals surface area contributed by atoms with Gasteiger partial charge in [-0.1, -0.05) is 17.7 Å². The zero-order chi connectivity index (χ0) is 12.8. The summed E-state index contributed by atoms with van der Waals surface area (Å²) in [6.45, 7) is 0. The number of nitriles is 1. The van der Waals surface area contributed by atoms with Crippen LogP contribution in [0, 0.1) is 22.6 Å². The third kappa shape index (κ3) is 1.81. The first-order valence-corrected chi connectivity index (χ1v) is 6.51. The molecule has 0 aliphatic carbocycles. The van der Waals surface area contributed by atoms with E-state index in [1.54, 1.807) is 12.1 Å². The van der Waals surface area contributed by atoms with Gasteiger partial charge in [0.05, 0.1) is 28.7 Å². The van der Waals surface area contributed by atoms with E-state index in [1.807, 2.05) is 0 Å². The molecular formula is C14H13ClFNO. The van der Waals surface area contributed by atoms with E-state index < -0.39 is 11.2 Å². The number of nitrogens with zero attached hydrogens (tertiary/aromatic N) is 1. The number of hydrogen-bond donors (Lipinski definition) is 0. The lowest BCUT2D eigenvalue weighted by Gasteiger charge is -2.28. The second-order valence-electron chi connectivity index (χ2n) is 5.22. The standard InChI is InChI=1S/C14H13ClFNO/c15-11-5-9(1-3-12(11)16)6-14(8-17)7-10-2-4-13(14)18-10/h1,3,5,10,13H,2,4,6-7H2. The molecule has 0 aromatic heterocycles. The molecule has 3 atom stereocenters. The van der Waals surface area contributed by atoms with Gasteiger partial charge in [-0.25, -0.2) is 4.39 Å². The van der Waals surface area contributed by atoms with Crippen LogP contribution in [0.15, 0.2) is 18.2 Å². The maximum absolute atomic E-state index is 13.1. The van der Waals surface area contributed by atoms with Gasteiger partial charge in [-0.05, 0) is 43.4 Å². The number of hydrogen-bond acceptors (Lipinski definition) is 2. The van der Waals surface area contributed by atoms with Gasteiger partial charge < -0.3 is 4.74 Å². The number of halogens is 2. The predicted molar refractivity (Wildman–Crippen MR) is 65.7 cm³/mol. The summed E-state index contributed by atoms with van der Waals surface area (Å²) in [6.07, 6.45) is 3.63. The van der Waals surface area contributed by atoms with Gasteiger partial charge in [-0.2, -0.15) is 5.26 Å². The molecule has 0 saturated carbocycles. The molecule has 2 aliphatic rings. The molecule has 94 valence electrons. The predicted octanol–water partition coefficient (Wildman–Crippen LogP) is 3.48. The van der Waals surface area contributed by atoms with Crippen molar-refractivity contribution in [1.82, 2.24) is 0 Å². The van der Waals surface area contributed by atoms with E-state index in [2.05, 4.69) is 6.07 Å². The molecular weight excluding hydrogens is 253 g/mol. The van der Waals surface area contributed by atoms with Crippen LogP contribution in [0.4, 0.5) is 4.39 Å². The number of rotatable bonds is 2. The molecule has 2 aliphatic heterocycles. The summed E-state index contributed by atoms with van der Waals surface area (Å²) in [6, 6.07) is 7.10. The molecule has 1 aromatic rings. The van der Waals surface area contributed by atoms with Crippen LogP contribution >= 0.6 is 11.6 Å². The first-order valence-electron chi connectivity index (χ1n) is 6.14. The smallest absolute Gasteiger partial charge is 0.141 e. The van der Waals surface area contributed by atoms with Gasteiger partial charge >= 0.3 is 0 Å². The number of ether oxygens (including phenoxy) is 1. The Kier molecular flexibility index (Phi) is 2.80. The first-order chi connectivity index (χ1) is 8.63. The van der Waals surface area contributed by atoms with E-state index in [0.29, 0.717) is 6.42 Å². The highest BCUT2D eigenvalue weighted by Crippen LogP contribution is 2.49. The third-order valence-electron chi connectivity index (χ3n) is 4.04. The minimum Gasteiger partial charge on any atom is -0.373 e. The van der Waals surface area contributed by atoms with E-state index in [0.717, 1.165) is 24.8 Å². The maximum Gasteiger partial charge on any atom is 0.141 e. The van der Waals surface area contributed by atoms with Crippen molar-refractivity contribution < 1.29 is 9.13 Å². The number of fused-ring (bicyclic) bond motifs is 2. The molecule has 0 radical (unpaired) electrons. The molecule has 18 heavy (non-hydrogen) atoms. The minimum absolute atomic E-state index is 0.0244. The van der Waals surface area contributed by atoms with Crippen molar-refractivity contribution in [2.75, 3.05) is 0 Å². The van der Waals surface area contributed by atoms with Crippen molar-refractivity contribution in [1.29, 1.82) is 5.26 Å². The fraction of sp³-hybridized carbons (Fsp3) is 0.500. The summed E-state index contributed by atoms with van der Waals surface area (Å²) in [4.78, 5) is 0. The second kappa shape index (κ2) is 4.22. The summed E-state index contributed by atoms with van der Waals surface area (Å²) < 4.78 is 18.9. The number of benzene rings is 1. The van der Waals surface area contributed by atoms with E-state index in [1.165, 1.54) is 6.07 Å². The Balaban J connectivity index is 1.87. The zero-order valence-electron chi connectivity index (χ0n) is 9.83. The van der Waals surface area contributed by atoms with Crippen LogP contribution in [0.3, 0.4) is 0 Å². The molecule has 3 unspecified atom stereocenters. The molecule has 2 nitrogen and oxygen atoms in total. The Morgan fingerprint density at radius 2 is 2.33 bits per heavy atom. The lowest BCUT2D eigenvalue weighted by Crippen LogP contribution is -2.33. The molecule has 4 heteroatoms. The summed E-state index contributed by atoms with van der Waals surface area (Å²) in [5, 5.41) is 9.60. The van der Waals surface area contributed by atoms with Crippen molar-refractivity contribution in [3.63, 3.8) is 0 Å². The fourth-order valence-electron chi connectivity index (χ4n) is 3.16. The molecule has 2 saturated heterocycles. The van der Waals surface area contributed by atoms with Crippen LogP contribution in [-0.2, 0) is 11.2 Å². The van der Waals surface area contributed by atoms with Crippen molar-refractivity contribution in [2.24, 2.45) is 5.41 Å². The highest BCUT2D eigenvalue weighted by Gasteiger charge is 2.52. The lowest BCUT2D eigenvalue weighted by atomic mass is 9.71. The summed E-state index contributed by atoms with van der Waals surface area (Å²) >= 11 is 5.78. The minimum atomic E-state index is -0.454. The molecule has 2 heterocycles. The average Bonchev–Trinajstić information content (AvgIpc) is 2.94. The van der Waals surface area contributed by atoms with E-state index >= 15 is 0 Å². The fourth-order valence-corrected chi connectivity index (χ4v) is 3.36. The topological polar surface area (TPSA) is 33.0 Å². The van der Waals surface area contributed by atoms with E-state index in [9.17, 15) is 9.65 Å². The maximum atomic E-state index is 13.1. The largest absolute Gasteiger partial charge is 0.373 e. The van der Waals surface area contributed by atoms with Crippen LogP contribution in [0.2, 0.25) is 5.02 Å². The zero-order valence-corrected chi connectivity index (χ0v) is 10.6. The second-order valence-corrected chi connectivity index (χ2v) is 5.63. The van der Waals surface area contributed by atoms with Crippen molar-refractivity contribution >= 4 is 11.6 Å². The molecule has 0 spiro atoms. The van der Waals surface area contributed by atoms with E-state index in [-0.39, 0.29) is 17.2 Å². The Hall–Kier alpha value is -1.11. The molecule has 0 amide bonds. The van der Waals surface area contributed by atoms with Crippen molar-refractivity contribution in [2.45, 2.75) is 37.9 Å². The highest BCUT2D eigenvalue weighted by atomic mass is 35.5. The SMILES string of the molecule is N#CC1(Cc2ccc(F)c(Cl)c2)CC2CCC1O2. The average molecular weight is 266 g/mol. The van der Waals surface area contributed by atoms with Crippen molar-refractivity contribution in [3.05, 3.63) is 34.6 Å². The molecule has 2 bridgehead atoms. The van der Waals surface area contributed by atoms with Gasteiger partial charge in [-0.15, -0.1) is 0 Å². The van der Waals surface area contributed by atoms with Gasteiger partial charge in [0.1, 0.15) is 5.82 Å². The van der Waals surface area contributed by atoms with Gasteiger partial charge in [-0.3, -0.25) is 0 Å². The highest BCUT2D eigenvalue weighted by molar-refractivity contribution is 6.30. The third-order valence-corrected chi connectivity index (χ3v) is 4.33. The Morgan fingerprint density at radius 3 is 2.89 bits per heavy atom. The summed E-state index contributed by atoms with van der Waals surface area (Å²) in [5.74, 6) is -0.421. The molecule has 1 aromatic carbocycles. The molecule has 0 N–H and O–H groups in total. The Labute approximate surface area is 110 Å². The molecule has 2 fully saturated rings. The summed E-state index contributed by atoms with van der Waals surface area (Å²) in [5.41, 5.74) is 0.448. The van der Waals surface area contributed by atoms with Gasteiger partial charge in [0.15, 0.2) is 0 Å². The Morgan fingerprint density at radius 1 is 1.50 bits per heavy atom. The monoisotopic (exact) mass is 265 g/mol. The van der Waals surface area contributed by atoms with Crippen LogP contribution in [0.5, 0.6) is 0 Å². The van der Waals surface area contributed by atoms with Crippen LogP contribution in [-0.4, -0.2) is 12.2 Å². The quantitative estimate of drug-likeness (QED) is 0.820. The van der Waals surface area contributed by atoms with Crippen LogP contribution in [0.25, 0.3) is 0 Å². The van der Waals surface area contributed by atoms with Gasteiger partial charge in [0.2, 0.25) is 0 Å².